The van der Waals surface area contributed by atoms with Crippen LogP contribution >= 0.6 is 27.3 Å². The topological polar surface area (TPSA) is 93.1 Å². The van der Waals surface area contributed by atoms with Gasteiger partial charge in [-0.2, -0.15) is 0 Å². The zero-order chi connectivity index (χ0) is 25.7. The number of benzene rings is 1. The summed E-state index contributed by atoms with van der Waals surface area (Å²) >= 11 is 4.69. The molecule has 1 N–H and O–H groups in total. The molecule has 0 aliphatic heterocycles. The second kappa shape index (κ2) is 12.2. The third-order valence-electron chi connectivity index (χ3n) is 7.04. The quantitative estimate of drug-likeness (QED) is 0.352. The van der Waals surface area contributed by atoms with Crippen molar-refractivity contribution in [1.82, 2.24) is 0 Å². The fourth-order valence-corrected chi connectivity index (χ4v) is 7.24. The number of aliphatic carboxylic acids is 1. The number of anilines is 1. The minimum Gasteiger partial charge on any atom is -0.479 e. The van der Waals surface area contributed by atoms with Crippen molar-refractivity contribution in [3.05, 3.63) is 33.6 Å². The minimum absolute atomic E-state index is 0.0692. The standard InChI is InChI=1S/C27H32BrNO6S/c1-34-27(33)25-23(35-16-21(30)31)22(28)24(36-25)18-11-8-14-20(15-18)29(19-12-6-3-7-13-19)26(32)17-9-4-2-5-10-17/h8,11,14-15,17,19H,2-7,9-10,12-13,16H2,1H3,(H,30,31). The van der Waals surface area contributed by atoms with E-state index in [1.807, 2.05) is 29.2 Å². The highest BCUT2D eigenvalue weighted by Gasteiger charge is 2.33. The number of thiophene rings is 1. The van der Waals surface area contributed by atoms with Crippen LogP contribution in [0.4, 0.5) is 5.69 Å². The Balaban J connectivity index is 1.72. The second-order valence-electron chi connectivity index (χ2n) is 9.46. The van der Waals surface area contributed by atoms with Crippen molar-refractivity contribution in [2.45, 2.75) is 70.3 Å². The first-order chi connectivity index (χ1) is 17.4. The lowest BCUT2D eigenvalue weighted by Gasteiger charge is -2.37. The smallest absolute Gasteiger partial charge is 0.351 e. The van der Waals surface area contributed by atoms with Crippen LogP contribution < -0.4 is 9.64 Å². The van der Waals surface area contributed by atoms with Crippen LogP contribution in [0.1, 0.15) is 73.9 Å². The van der Waals surface area contributed by atoms with Crippen molar-refractivity contribution in [2.75, 3.05) is 18.6 Å². The van der Waals surface area contributed by atoms with E-state index in [2.05, 4.69) is 15.9 Å². The Bertz CT molecular complexity index is 1100. The Kier molecular flexibility index (Phi) is 9.06. The molecule has 2 saturated carbocycles. The average Bonchev–Trinajstić information content (AvgIpc) is 3.24. The highest BCUT2D eigenvalue weighted by atomic mass is 79.9. The summed E-state index contributed by atoms with van der Waals surface area (Å²) in [6, 6.07) is 8.02. The van der Waals surface area contributed by atoms with Crippen LogP contribution in [-0.2, 0) is 14.3 Å². The van der Waals surface area contributed by atoms with Crippen LogP contribution in [0.25, 0.3) is 10.4 Å². The Hall–Kier alpha value is -2.39. The predicted molar refractivity (Wildman–Crippen MR) is 143 cm³/mol. The lowest BCUT2D eigenvalue weighted by Crippen LogP contribution is -2.45. The van der Waals surface area contributed by atoms with Gasteiger partial charge in [-0.05, 0) is 59.3 Å². The first kappa shape index (κ1) is 26.7. The molecule has 7 nitrogen and oxygen atoms in total. The Labute approximate surface area is 223 Å². The van der Waals surface area contributed by atoms with Crippen molar-refractivity contribution >= 4 is 50.8 Å². The summed E-state index contributed by atoms with van der Waals surface area (Å²) < 4.78 is 10.8. The number of ether oxygens (including phenoxy) is 2. The molecule has 1 aromatic carbocycles. The molecule has 0 atom stereocenters. The summed E-state index contributed by atoms with van der Waals surface area (Å²) in [5, 5.41) is 9.07. The van der Waals surface area contributed by atoms with Crippen molar-refractivity contribution < 1.29 is 29.0 Å². The number of carbonyl (C=O) groups excluding carboxylic acids is 2. The zero-order valence-corrected chi connectivity index (χ0v) is 22.9. The molecule has 4 rings (SSSR count). The fourth-order valence-electron chi connectivity index (χ4n) is 5.27. The molecule has 2 fully saturated rings. The first-order valence-corrected chi connectivity index (χ1v) is 14.2. The molecule has 0 bridgehead atoms. The Morgan fingerprint density at radius 1 is 1.06 bits per heavy atom. The predicted octanol–water partition coefficient (Wildman–Crippen LogP) is 6.67. The van der Waals surface area contributed by atoms with Gasteiger partial charge < -0.3 is 19.5 Å². The number of rotatable bonds is 8. The molecule has 2 aliphatic carbocycles. The normalized spacial score (nSPS) is 16.9. The van der Waals surface area contributed by atoms with Gasteiger partial charge >= 0.3 is 11.9 Å². The number of nitrogens with zero attached hydrogens (tertiary/aromatic N) is 1. The van der Waals surface area contributed by atoms with Gasteiger partial charge in [0.15, 0.2) is 17.2 Å². The molecular formula is C27H32BrNO6S. The maximum Gasteiger partial charge on any atom is 0.351 e. The maximum atomic E-state index is 13.8. The van der Waals surface area contributed by atoms with Gasteiger partial charge in [0.2, 0.25) is 5.91 Å². The zero-order valence-electron chi connectivity index (χ0n) is 20.5. The molecule has 1 aromatic heterocycles. The Morgan fingerprint density at radius 3 is 2.36 bits per heavy atom. The average molecular weight is 579 g/mol. The third kappa shape index (κ3) is 5.94. The highest BCUT2D eigenvalue weighted by Crippen LogP contribution is 2.47. The number of carbonyl (C=O) groups is 3. The van der Waals surface area contributed by atoms with Gasteiger partial charge in [0.05, 0.1) is 16.5 Å². The third-order valence-corrected chi connectivity index (χ3v) is 9.26. The molecule has 1 heterocycles. The van der Waals surface area contributed by atoms with Crippen LogP contribution in [0.5, 0.6) is 5.75 Å². The minimum atomic E-state index is -1.14. The molecule has 2 aliphatic rings. The first-order valence-electron chi connectivity index (χ1n) is 12.6. The molecule has 9 heteroatoms. The van der Waals surface area contributed by atoms with Crippen LogP contribution in [0.15, 0.2) is 28.7 Å². The van der Waals surface area contributed by atoms with Crippen molar-refractivity contribution in [3.8, 4) is 16.2 Å². The number of hydrogen-bond acceptors (Lipinski definition) is 6. The van der Waals surface area contributed by atoms with Crippen molar-refractivity contribution in [3.63, 3.8) is 0 Å². The fraction of sp³-hybridized carbons (Fsp3) is 0.519. The van der Waals surface area contributed by atoms with Gasteiger partial charge in [0.25, 0.3) is 0 Å². The highest BCUT2D eigenvalue weighted by molar-refractivity contribution is 9.10. The van der Waals surface area contributed by atoms with E-state index in [0.29, 0.717) is 9.35 Å². The number of amides is 1. The van der Waals surface area contributed by atoms with E-state index in [9.17, 15) is 14.4 Å². The summed E-state index contributed by atoms with van der Waals surface area (Å²) in [6.07, 6.45) is 10.8. The summed E-state index contributed by atoms with van der Waals surface area (Å²) in [7, 11) is 1.27. The molecule has 194 valence electrons. The lowest BCUT2D eigenvalue weighted by molar-refractivity contribution is -0.139. The molecule has 0 radical (unpaired) electrons. The summed E-state index contributed by atoms with van der Waals surface area (Å²) in [6.45, 7) is -0.579. The van der Waals surface area contributed by atoms with Gasteiger partial charge in [-0.15, -0.1) is 11.3 Å². The molecule has 2 aromatic rings. The molecule has 0 unspecified atom stereocenters. The van der Waals surface area contributed by atoms with Crippen LogP contribution in [0.2, 0.25) is 0 Å². The van der Waals surface area contributed by atoms with Crippen LogP contribution in [-0.4, -0.2) is 42.7 Å². The van der Waals surface area contributed by atoms with Gasteiger partial charge in [-0.3, -0.25) is 4.79 Å². The van der Waals surface area contributed by atoms with Crippen LogP contribution in [0, 0.1) is 5.92 Å². The SMILES string of the molecule is COC(=O)c1sc(-c2cccc(N(C(=O)C3CCCCC3)C3CCCCC3)c2)c(Br)c1OCC(=O)O. The van der Waals surface area contributed by atoms with Gasteiger partial charge in [0, 0.05) is 17.6 Å². The summed E-state index contributed by atoms with van der Waals surface area (Å²) in [5.74, 6) is -1.29. The molecule has 0 saturated heterocycles. The van der Waals surface area contributed by atoms with Crippen LogP contribution in [0.3, 0.4) is 0 Å². The molecule has 0 spiro atoms. The maximum absolute atomic E-state index is 13.8. The van der Waals surface area contributed by atoms with E-state index in [-0.39, 0.29) is 28.5 Å². The largest absolute Gasteiger partial charge is 0.479 e. The number of halogens is 1. The van der Waals surface area contributed by atoms with E-state index in [1.165, 1.54) is 31.3 Å². The van der Waals surface area contributed by atoms with E-state index >= 15 is 0 Å². The number of hydrogen-bond donors (Lipinski definition) is 1. The van der Waals surface area contributed by atoms with Crippen molar-refractivity contribution in [1.29, 1.82) is 0 Å². The van der Waals surface area contributed by atoms with Crippen molar-refractivity contribution in [2.24, 2.45) is 5.92 Å². The Morgan fingerprint density at radius 2 is 1.72 bits per heavy atom. The lowest BCUT2D eigenvalue weighted by atomic mass is 9.86. The van der Waals surface area contributed by atoms with Gasteiger partial charge in [-0.1, -0.05) is 50.7 Å². The monoisotopic (exact) mass is 577 g/mol. The summed E-state index contributed by atoms with van der Waals surface area (Å²) in [4.78, 5) is 40.3. The van der Waals surface area contributed by atoms with E-state index in [4.69, 9.17) is 14.6 Å². The van der Waals surface area contributed by atoms with Gasteiger partial charge in [-0.25, -0.2) is 9.59 Å². The van der Waals surface area contributed by atoms with Gasteiger partial charge in [0.1, 0.15) is 0 Å². The molecule has 36 heavy (non-hydrogen) atoms. The number of carboxylic acids is 1. The van der Waals surface area contributed by atoms with E-state index < -0.39 is 18.5 Å². The van der Waals surface area contributed by atoms with E-state index in [1.54, 1.807) is 0 Å². The number of carboxylic acid groups (broad SMARTS) is 1. The molecule has 1 amide bonds. The number of esters is 1. The van der Waals surface area contributed by atoms with E-state index in [0.717, 1.165) is 62.6 Å². The number of methoxy groups -OCH3 is 1. The second-order valence-corrected chi connectivity index (χ2v) is 11.3. The molecular weight excluding hydrogens is 546 g/mol. The summed E-state index contributed by atoms with van der Waals surface area (Å²) in [5.41, 5.74) is 1.68.